The molecule has 0 aromatic carbocycles. The van der Waals surface area contributed by atoms with Crippen molar-refractivity contribution in [3.8, 4) is 0 Å². The Kier molecular flexibility index (Phi) is 19.3. The first kappa shape index (κ1) is 26.3. The number of likely N-dealkylation sites (tertiary alicyclic amines) is 1. The van der Waals surface area contributed by atoms with Crippen molar-refractivity contribution >= 4 is 11.8 Å². The molecule has 168 valence electrons. The molecule has 1 unspecified atom stereocenters. The van der Waals surface area contributed by atoms with Gasteiger partial charge < -0.3 is 9.64 Å². The van der Waals surface area contributed by atoms with E-state index >= 15 is 0 Å². The molecule has 0 saturated carbocycles. The van der Waals surface area contributed by atoms with Crippen LogP contribution in [0.5, 0.6) is 0 Å². The van der Waals surface area contributed by atoms with E-state index < -0.39 is 0 Å². The second-order valence-electron chi connectivity index (χ2n) is 8.87. The monoisotopic (exact) mass is 413 g/mol. The quantitative estimate of drug-likeness (QED) is 0.179. The maximum absolute atomic E-state index is 5.69. The van der Waals surface area contributed by atoms with Crippen molar-refractivity contribution in [1.29, 1.82) is 0 Å². The predicted octanol–water partition coefficient (Wildman–Crippen LogP) is 7.70. The summed E-state index contributed by atoms with van der Waals surface area (Å²) in [6.07, 6.45) is 24.7. The molecule has 0 N–H and O–H groups in total. The summed E-state index contributed by atoms with van der Waals surface area (Å²) >= 11 is 2.11. The van der Waals surface area contributed by atoms with E-state index in [4.69, 9.17) is 4.74 Å². The third kappa shape index (κ3) is 16.1. The van der Waals surface area contributed by atoms with Gasteiger partial charge in [-0.1, -0.05) is 90.4 Å². The highest BCUT2D eigenvalue weighted by Gasteiger charge is 2.14. The second-order valence-corrected chi connectivity index (χ2v) is 10.0. The van der Waals surface area contributed by atoms with Crippen molar-refractivity contribution in [3.63, 3.8) is 0 Å². The average molecular weight is 414 g/mol. The molecular formula is C25H51NOS. The van der Waals surface area contributed by atoms with Crippen molar-refractivity contribution < 1.29 is 4.74 Å². The smallest absolute Gasteiger partial charge is 0.0673 e. The maximum atomic E-state index is 5.69. The van der Waals surface area contributed by atoms with Crippen LogP contribution in [-0.4, -0.2) is 49.3 Å². The van der Waals surface area contributed by atoms with Gasteiger partial charge in [-0.2, -0.15) is 11.8 Å². The molecule has 0 aromatic heterocycles. The molecule has 0 bridgehead atoms. The Morgan fingerprint density at radius 1 is 0.750 bits per heavy atom. The molecule has 1 saturated heterocycles. The second kappa shape index (κ2) is 20.5. The molecule has 1 fully saturated rings. The summed E-state index contributed by atoms with van der Waals surface area (Å²) in [5.41, 5.74) is 0. The molecule has 3 heteroatoms. The fourth-order valence-corrected chi connectivity index (χ4v) is 5.36. The van der Waals surface area contributed by atoms with E-state index in [1.807, 2.05) is 7.11 Å². The van der Waals surface area contributed by atoms with Crippen molar-refractivity contribution in [2.75, 3.05) is 38.2 Å². The van der Waals surface area contributed by atoms with Gasteiger partial charge in [0.25, 0.3) is 0 Å². The number of nitrogens with zero attached hydrogens (tertiary/aromatic N) is 1. The molecule has 1 aliphatic heterocycles. The van der Waals surface area contributed by atoms with E-state index in [1.165, 1.54) is 140 Å². The minimum Gasteiger partial charge on any atom is -0.381 e. The third-order valence-electron chi connectivity index (χ3n) is 6.25. The summed E-state index contributed by atoms with van der Waals surface area (Å²) in [6, 6.07) is 0. The molecule has 0 aliphatic carbocycles. The number of thioether (sulfide) groups is 1. The van der Waals surface area contributed by atoms with Crippen LogP contribution < -0.4 is 0 Å². The topological polar surface area (TPSA) is 12.5 Å². The Morgan fingerprint density at radius 2 is 1.25 bits per heavy atom. The number of unbranched alkanes of at least 4 members (excludes halogenated alkanes) is 13. The van der Waals surface area contributed by atoms with E-state index in [-0.39, 0.29) is 0 Å². The van der Waals surface area contributed by atoms with Gasteiger partial charge in [0.15, 0.2) is 0 Å². The normalized spacial score (nSPS) is 16.1. The Bertz CT molecular complexity index is 307. The summed E-state index contributed by atoms with van der Waals surface area (Å²) in [7, 11) is 1.89. The van der Waals surface area contributed by atoms with Crippen LogP contribution in [0.15, 0.2) is 0 Å². The first-order valence-electron chi connectivity index (χ1n) is 12.7. The number of hydrogen-bond acceptors (Lipinski definition) is 3. The lowest BCUT2D eigenvalue weighted by atomic mass is 10.0. The first-order chi connectivity index (χ1) is 13.9. The molecule has 1 heterocycles. The minimum absolute atomic E-state index is 0.456. The van der Waals surface area contributed by atoms with Gasteiger partial charge in [0, 0.05) is 19.4 Å². The van der Waals surface area contributed by atoms with E-state index in [2.05, 4.69) is 23.6 Å². The summed E-state index contributed by atoms with van der Waals surface area (Å²) in [4.78, 5) is 2.60. The van der Waals surface area contributed by atoms with Crippen LogP contribution in [0.25, 0.3) is 0 Å². The molecule has 0 amide bonds. The number of rotatable bonds is 21. The summed E-state index contributed by atoms with van der Waals surface area (Å²) in [5, 5.41) is 0. The third-order valence-corrected chi connectivity index (χ3v) is 7.43. The van der Waals surface area contributed by atoms with Crippen molar-refractivity contribution in [1.82, 2.24) is 4.90 Å². The highest BCUT2D eigenvalue weighted by Crippen LogP contribution is 2.16. The predicted molar refractivity (Wildman–Crippen MR) is 129 cm³/mol. The van der Waals surface area contributed by atoms with Gasteiger partial charge >= 0.3 is 0 Å². The molecule has 2 nitrogen and oxygen atoms in total. The molecule has 1 rings (SSSR count). The summed E-state index contributed by atoms with van der Waals surface area (Å²) in [5.74, 6) is 2.50. The van der Waals surface area contributed by atoms with Crippen LogP contribution in [0.2, 0.25) is 0 Å². The van der Waals surface area contributed by atoms with Gasteiger partial charge in [-0.25, -0.2) is 0 Å². The van der Waals surface area contributed by atoms with Gasteiger partial charge in [-0.15, -0.1) is 0 Å². The summed E-state index contributed by atoms with van der Waals surface area (Å²) < 4.78 is 5.69. The zero-order valence-corrected chi connectivity index (χ0v) is 20.2. The molecular weight excluding hydrogens is 362 g/mol. The fraction of sp³-hybridized carbons (Fsp3) is 1.00. The van der Waals surface area contributed by atoms with Crippen LogP contribution in [0.4, 0.5) is 0 Å². The summed E-state index contributed by atoms with van der Waals surface area (Å²) in [6.45, 7) is 6.15. The number of hydrogen-bond donors (Lipinski definition) is 0. The van der Waals surface area contributed by atoms with Gasteiger partial charge in [0.05, 0.1) is 6.10 Å². The Hall–Kier alpha value is 0.270. The standard InChI is InChI=1S/C25H51NOS/c1-3-4-5-6-7-8-9-10-11-12-13-14-15-18-23-28-24-25(27-2)19-22-26-20-16-17-21-26/h25H,3-24H2,1-2H3. The molecule has 1 aliphatic rings. The molecule has 1 atom stereocenters. The Morgan fingerprint density at radius 3 is 1.75 bits per heavy atom. The average Bonchev–Trinajstić information content (AvgIpc) is 3.23. The first-order valence-corrected chi connectivity index (χ1v) is 13.8. The van der Waals surface area contributed by atoms with Crippen molar-refractivity contribution in [2.45, 2.75) is 122 Å². The van der Waals surface area contributed by atoms with Crippen molar-refractivity contribution in [2.24, 2.45) is 0 Å². The minimum atomic E-state index is 0.456. The highest BCUT2D eigenvalue weighted by atomic mass is 32.2. The lowest BCUT2D eigenvalue weighted by Gasteiger charge is -2.19. The molecule has 28 heavy (non-hydrogen) atoms. The van der Waals surface area contributed by atoms with Gasteiger partial charge in [-0.05, 0) is 44.5 Å². The molecule has 0 spiro atoms. The van der Waals surface area contributed by atoms with Gasteiger partial charge in [-0.3, -0.25) is 0 Å². The zero-order chi connectivity index (χ0) is 20.1. The maximum Gasteiger partial charge on any atom is 0.0673 e. The molecule has 0 aromatic rings. The largest absolute Gasteiger partial charge is 0.381 e. The van der Waals surface area contributed by atoms with E-state index in [0.29, 0.717) is 6.10 Å². The fourth-order valence-electron chi connectivity index (χ4n) is 4.22. The molecule has 0 radical (unpaired) electrons. The van der Waals surface area contributed by atoms with Gasteiger partial charge in [0.2, 0.25) is 0 Å². The van der Waals surface area contributed by atoms with Crippen LogP contribution in [0.3, 0.4) is 0 Å². The number of methoxy groups -OCH3 is 1. The lowest BCUT2D eigenvalue weighted by Crippen LogP contribution is -2.26. The van der Waals surface area contributed by atoms with Gasteiger partial charge in [0.1, 0.15) is 0 Å². The SMILES string of the molecule is CCCCCCCCCCCCCCCCSCC(CCN1CCCC1)OC. The van der Waals surface area contributed by atoms with Crippen LogP contribution in [0.1, 0.15) is 116 Å². The lowest BCUT2D eigenvalue weighted by molar-refractivity contribution is 0.104. The number of ether oxygens (including phenoxy) is 1. The Labute approximate surface area is 181 Å². The van der Waals surface area contributed by atoms with Crippen molar-refractivity contribution in [3.05, 3.63) is 0 Å². The van der Waals surface area contributed by atoms with E-state index in [9.17, 15) is 0 Å². The van der Waals surface area contributed by atoms with E-state index in [0.717, 1.165) is 0 Å². The van der Waals surface area contributed by atoms with Crippen LogP contribution in [0, 0.1) is 0 Å². The van der Waals surface area contributed by atoms with E-state index in [1.54, 1.807) is 0 Å². The Balaban J connectivity index is 1.75. The zero-order valence-electron chi connectivity index (χ0n) is 19.4. The highest BCUT2D eigenvalue weighted by molar-refractivity contribution is 7.99. The van der Waals surface area contributed by atoms with Crippen LogP contribution >= 0.6 is 11.8 Å². The van der Waals surface area contributed by atoms with Crippen LogP contribution in [-0.2, 0) is 4.74 Å².